The summed E-state index contributed by atoms with van der Waals surface area (Å²) in [5.41, 5.74) is 0. The van der Waals surface area contributed by atoms with Crippen LogP contribution in [0.5, 0.6) is 0 Å². The Labute approximate surface area is 80.9 Å². The predicted octanol–water partition coefficient (Wildman–Crippen LogP) is 1.33. The van der Waals surface area contributed by atoms with Crippen LogP contribution in [0.15, 0.2) is 0 Å². The lowest BCUT2D eigenvalue weighted by Gasteiger charge is -2.04. The van der Waals surface area contributed by atoms with Gasteiger partial charge in [-0.25, -0.2) is 0 Å². The van der Waals surface area contributed by atoms with Crippen molar-refractivity contribution >= 4 is 11.8 Å². The van der Waals surface area contributed by atoms with Gasteiger partial charge in [-0.3, -0.25) is 0 Å². The average molecular weight is 190 g/mol. The van der Waals surface area contributed by atoms with Gasteiger partial charge >= 0.3 is 0 Å². The highest BCUT2D eigenvalue weighted by atomic mass is 32.2. The predicted molar refractivity (Wildman–Crippen MR) is 59.0 cm³/mol. The molecule has 0 unspecified atom stereocenters. The topological polar surface area (TPSA) is 24.1 Å². The van der Waals surface area contributed by atoms with Crippen molar-refractivity contribution in [2.75, 3.05) is 38.2 Å². The van der Waals surface area contributed by atoms with Crippen LogP contribution in [0.25, 0.3) is 0 Å². The van der Waals surface area contributed by atoms with Crippen LogP contribution < -0.4 is 10.6 Å². The summed E-state index contributed by atoms with van der Waals surface area (Å²) in [5.74, 6) is 1.22. The third-order valence-electron chi connectivity index (χ3n) is 1.62. The lowest BCUT2D eigenvalue weighted by molar-refractivity contribution is 0.603. The summed E-state index contributed by atoms with van der Waals surface area (Å²) in [6, 6.07) is 0. The van der Waals surface area contributed by atoms with Crippen molar-refractivity contribution in [3.05, 3.63) is 0 Å². The minimum atomic E-state index is 1.15. The normalized spacial score (nSPS) is 10.5. The molecule has 0 aromatic rings. The molecule has 0 aliphatic carbocycles. The van der Waals surface area contributed by atoms with Gasteiger partial charge in [0.25, 0.3) is 0 Å². The van der Waals surface area contributed by atoms with Crippen LogP contribution in [0.4, 0.5) is 0 Å². The summed E-state index contributed by atoms with van der Waals surface area (Å²) in [7, 11) is 0. The molecule has 74 valence electrons. The van der Waals surface area contributed by atoms with Crippen LogP contribution in [0.2, 0.25) is 0 Å². The summed E-state index contributed by atoms with van der Waals surface area (Å²) in [6.45, 7) is 6.81. The fourth-order valence-corrected chi connectivity index (χ4v) is 1.29. The van der Waals surface area contributed by atoms with Gasteiger partial charge in [0.15, 0.2) is 0 Å². The van der Waals surface area contributed by atoms with Gasteiger partial charge < -0.3 is 10.6 Å². The maximum atomic E-state index is 3.40. The number of rotatable bonds is 9. The third-order valence-corrected chi connectivity index (χ3v) is 2.23. The summed E-state index contributed by atoms with van der Waals surface area (Å²) in [5, 5.41) is 6.78. The standard InChI is InChI=1S/C9H22N2S/c1-3-5-10-6-4-7-11-8-9-12-2/h10-11H,3-9H2,1-2H3. The van der Waals surface area contributed by atoms with Gasteiger partial charge in [0.2, 0.25) is 0 Å². The molecule has 0 spiro atoms. The summed E-state index contributed by atoms with van der Waals surface area (Å²) in [4.78, 5) is 0. The second kappa shape index (κ2) is 11.3. The molecule has 0 saturated heterocycles. The van der Waals surface area contributed by atoms with Crippen molar-refractivity contribution in [2.24, 2.45) is 0 Å². The molecule has 0 aliphatic rings. The number of hydrogen-bond acceptors (Lipinski definition) is 3. The molecule has 0 saturated carbocycles. The first kappa shape index (κ1) is 12.3. The largest absolute Gasteiger partial charge is 0.317 e. The van der Waals surface area contributed by atoms with Crippen molar-refractivity contribution < 1.29 is 0 Å². The molecule has 0 rings (SSSR count). The molecule has 0 fully saturated rings. The molecule has 2 N–H and O–H groups in total. The monoisotopic (exact) mass is 190 g/mol. The molecule has 0 bridgehead atoms. The lowest BCUT2D eigenvalue weighted by Crippen LogP contribution is -2.23. The molecule has 0 aromatic heterocycles. The van der Waals surface area contributed by atoms with Crippen LogP contribution in [0.1, 0.15) is 19.8 Å². The Hall–Kier alpha value is 0.270. The fourth-order valence-electron chi connectivity index (χ4n) is 0.939. The molecular weight excluding hydrogens is 168 g/mol. The van der Waals surface area contributed by atoms with E-state index in [0.717, 1.165) is 26.2 Å². The summed E-state index contributed by atoms with van der Waals surface area (Å²) < 4.78 is 0. The molecule has 3 heteroatoms. The van der Waals surface area contributed by atoms with Crippen LogP contribution in [-0.4, -0.2) is 38.2 Å². The lowest BCUT2D eigenvalue weighted by atomic mass is 10.4. The van der Waals surface area contributed by atoms with Gasteiger partial charge in [-0.2, -0.15) is 11.8 Å². The molecule has 0 amide bonds. The number of hydrogen-bond donors (Lipinski definition) is 2. The van der Waals surface area contributed by atoms with Crippen LogP contribution in [-0.2, 0) is 0 Å². The van der Waals surface area contributed by atoms with E-state index in [1.165, 1.54) is 18.6 Å². The second-order valence-electron chi connectivity index (χ2n) is 2.85. The second-order valence-corrected chi connectivity index (χ2v) is 3.83. The third kappa shape index (κ3) is 10.3. The van der Waals surface area contributed by atoms with E-state index >= 15 is 0 Å². The molecule has 0 radical (unpaired) electrons. The Morgan fingerprint density at radius 3 is 2.25 bits per heavy atom. The minimum absolute atomic E-state index is 1.15. The fraction of sp³-hybridized carbons (Fsp3) is 1.00. The minimum Gasteiger partial charge on any atom is -0.317 e. The van der Waals surface area contributed by atoms with Gasteiger partial charge in [-0.1, -0.05) is 6.92 Å². The Bertz CT molecular complexity index is 68.9. The molecule has 12 heavy (non-hydrogen) atoms. The Morgan fingerprint density at radius 2 is 1.67 bits per heavy atom. The van der Waals surface area contributed by atoms with E-state index in [-0.39, 0.29) is 0 Å². The average Bonchev–Trinajstić information content (AvgIpc) is 2.10. The molecule has 0 heterocycles. The van der Waals surface area contributed by atoms with E-state index in [1.54, 1.807) is 0 Å². The van der Waals surface area contributed by atoms with Gasteiger partial charge in [0.05, 0.1) is 0 Å². The molecule has 0 atom stereocenters. The van der Waals surface area contributed by atoms with Gasteiger partial charge in [0, 0.05) is 12.3 Å². The van der Waals surface area contributed by atoms with E-state index in [2.05, 4.69) is 23.8 Å². The van der Waals surface area contributed by atoms with Crippen LogP contribution >= 0.6 is 11.8 Å². The summed E-state index contributed by atoms with van der Waals surface area (Å²) in [6.07, 6.45) is 4.62. The van der Waals surface area contributed by atoms with Crippen molar-refractivity contribution in [3.63, 3.8) is 0 Å². The van der Waals surface area contributed by atoms with E-state index in [4.69, 9.17) is 0 Å². The van der Waals surface area contributed by atoms with Crippen LogP contribution in [0, 0.1) is 0 Å². The van der Waals surface area contributed by atoms with E-state index < -0.39 is 0 Å². The van der Waals surface area contributed by atoms with Crippen molar-refractivity contribution in [2.45, 2.75) is 19.8 Å². The highest BCUT2D eigenvalue weighted by Crippen LogP contribution is 1.86. The maximum absolute atomic E-state index is 3.40. The Balaban J connectivity index is 2.73. The molecule has 0 aliphatic heterocycles. The number of thioether (sulfide) groups is 1. The Kier molecular flexibility index (Phi) is 11.5. The van der Waals surface area contributed by atoms with E-state index in [1.807, 2.05) is 11.8 Å². The van der Waals surface area contributed by atoms with Crippen molar-refractivity contribution in [1.29, 1.82) is 0 Å². The van der Waals surface area contributed by atoms with E-state index in [0.29, 0.717) is 0 Å². The zero-order valence-corrected chi connectivity index (χ0v) is 9.17. The molecule has 0 aromatic carbocycles. The maximum Gasteiger partial charge on any atom is 0.00553 e. The molecule has 2 nitrogen and oxygen atoms in total. The number of nitrogens with one attached hydrogen (secondary N) is 2. The molecular formula is C9H22N2S. The highest BCUT2D eigenvalue weighted by Gasteiger charge is 1.87. The Morgan fingerprint density at radius 1 is 1.00 bits per heavy atom. The zero-order chi connectivity index (χ0) is 9.07. The highest BCUT2D eigenvalue weighted by molar-refractivity contribution is 7.98. The quantitative estimate of drug-likeness (QED) is 0.536. The first-order chi connectivity index (χ1) is 5.91. The van der Waals surface area contributed by atoms with Gasteiger partial charge in [0.1, 0.15) is 0 Å². The first-order valence-electron chi connectivity index (χ1n) is 4.82. The van der Waals surface area contributed by atoms with Crippen LogP contribution in [0.3, 0.4) is 0 Å². The SMILES string of the molecule is CCCNCCCNCCSC. The van der Waals surface area contributed by atoms with Gasteiger partial charge in [-0.05, 0) is 38.7 Å². The van der Waals surface area contributed by atoms with Crippen molar-refractivity contribution in [3.8, 4) is 0 Å². The van der Waals surface area contributed by atoms with Crippen molar-refractivity contribution in [1.82, 2.24) is 10.6 Å². The summed E-state index contributed by atoms with van der Waals surface area (Å²) >= 11 is 1.90. The first-order valence-corrected chi connectivity index (χ1v) is 6.21. The zero-order valence-electron chi connectivity index (χ0n) is 8.36. The smallest absolute Gasteiger partial charge is 0.00553 e. The van der Waals surface area contributed by atoms with Gasteiger partial charge in [-0.15, -0.1) is 0 Å². The van der Waals surface area contributed by atoms with E-state index in [9.17, 15) is 0 Å².